The zero-order valence-electron chi connectivity index (χ0n) is 14.0. The Kier molecular flexibility index (Phi) is 6.15. The molecule has 0 spiro atoms. The van der Waals surface area contributed by atoms with Crippen LogP contribution in [-0.2, 0) is 6.54 Å². The normalized spacial score (nSPS) is 13.8. The summed E-state index contributed by atoms with van der Waals surface area (Å²) < 4.78 is 0.875. The Morgan fingerprint density at radius 3 is 2.64 bits per heavy atom. The van der Waals surface area contributed by atoms with Crippen molar-refractivity contribution in [2.75, 3.05) is 23.3 Å². The summed E-state index contributed by atoms with van der Waals surface area (Å²) in [5, 5.41) is 7.31. The fourth-order valence-electron chi connectivity index (χ4n) is 2.78. The lowest BCUT2D eigenvalue weighted by atomic mass is 10.2. The second-order valence-electron chi connectivity index (χ2n) is 6.06. The Bertz CT molecular complexity index is 760. The highest BCUT2D eigenvalue weighted by Crippen LogP contribution is 2.28. The Hall–Kier alpha value is -1.37. The Morgan fingerprint density at radius 2 is 1.96 bits per heavy atom. The molecule has 0 saturated carbocycles. The molecule has 1 aromatic carbocycles. The van der Waals surface area contributed by atoms with Gasteiger partial charge in [-0.05, 0) is 71.2 Å². The van der Waals surface area contributed by atoms with Crippen molar-refractivity contribution in [3.8, 4) is 0 Å². The number of nitrogens with one attached hydrogen (secondary N) is 2. The Labute approximate surface area is 167 Å². The zero-order chi connectivity index (χ0) is 17.8. The average molecular weight is 440 g/mol. The van der Waals surface area contributed by atoms with Gasteiger partial charge >= 0.3 is 0 Å². The molecule has 4 nitrogen and oxygen atoms in total. The first kappa shape index (κ1) is 18.4. The van der Waals surface area contributed by atoms with Gasteiger partial charge in [-0.1, -0.05) is 23.7 Å². The van der Waals surface area contributed by atoms with Crippen LogP contribution < -0.4 is 15.5 Å². The number of anilines is 2. The molecule has 0 bridgehead atoms. The lowest BCUT2D eigenvalue weighted by Gasteiger charge is -2.18. The van der Waals surface area contributed by atoms with E-state index in [1.165, 1.54) is 24.1 Å². The molecule has 0 unspecified atom stereocenters. The third-order valence-electron chi connectivity index (χ3n) is 4.29. The first-order valence-corrected chi connectivity index (χ1v) is 9.82. The minimum absolute atomic E-state index is 0.500. The van der Waals surface area contributed by atoms with E-state index in [2.05, 4.69) is 60.7 Å². The van der Waals surface area contributed by atoms with Gasteiger partial charge in [-0.15, -0.1) is 0 Å². The van der Waals surface area contributed by atoms with Gasteiger partial charge in [0.25, 0.3) is 0 Å². The van der Waals surface area contributed by atoms with Crippen molar-refractivity contribution in [3.63, 3.8) is 0 Å². The van der Waals surface area contributed by atoms with E-state index in [4.69, 9.17) is 23.8 Å². The van der Waals surface area contributed by atoms with Crippen molar-refractivity contribution in [1.29, 1.82) is 0 Å². The van der Waals surface area contributed by atoms with E-state index >= 15 is 0 Å². The monoisotopic (exact) mass is 438 g/mol. The Morgan fingerprint density at radius 1 is 1.28 bits per heavy atom. The fourth-order valence-corrected chi connectivity index (χ4v) is 3.56. The van der Waals surface area contributed by atoms with Crippen LogP contribution in [-0.4, -0.2) is 23.2 Å². The smallest absolute Gasteiger partial charge is 0.172 e. The summed E-state index contributed by atoms with van der Waals surface area (Å²) in [6.45, 7) is 4.90. The number of thiocarbonyl (C=S) groups is 1. The van der Waals surface area contributed by atoms with E-state index in [9.17, 15) is 0 Å². The third kappa shape index (κ3) is 4.63. The quantitative estimate of drug-likeness (QED) is 0.664. The maximum atomic E-state index is 6.29. The number of hydrogen-bond donors (Lipinski definition) is 2. The maximum absolute atomic E-state index is 6.29. The SMILES string of the molecule is Cc1c(Br)cnc(NC(=S)NCc2ccc(N3CCCC3)cc2)c1Cl. The maximum Gasteiger partial charge on any atom is 0.172 e. The van der Waals surface area contributed by atoms with Crippen LogP contribution in [0.25, 0.3) is 0 Å². The van der Waals surface area contributed by atoms with Gasteiger partial charge < -0.3 is 15.5 Å². The lowest BCUT2D eigenvalue weighted by Crippen LogP contribution is -2.28. The van der Waals surface area contributed by atoms with Gasteiger partial charge in [-0.2, -0.15) is 0 Å². The predicted octanol–water partition coefficient (Wildman–Crippen LogP) is 4.89. The Balaban J connectivity index is 1.54. The van der Waals surface area contributed by atoms with Crippen molar-refractivity contribution in [1.82, 2.24) is 10.3 Å². The number of hydrogen-bond acceptors (Lipinski definition) is 3. The topological polar surface area (TPSA) is 40.2 Å². The number of pyridine rings is 1. The molecule has 1 fully saturated rings. The van der Waals surface area contributed by atoms with Gasteiger partial charge in [0.2, 0.25) is 0 Å². The summed E-state index contributed by atoms with van der Waals surface area (Å²) in [7, 11) is 0. The van der Waals surface area contributed by atoms with Gasteiger partial charge in [0, 0.05) is 36.0 Å². The summed E-state index contributed by atoms with van der Waals surface area (Å²) >= 11 is 15.0. The first-order valence-electron chi connectivity index (χ1n) is 8.24. The highest BCUT2D eigenvalue weighted by atomic mass is 79.9. The molecule has 1 aliphatic heterocycles. The zero-order valence-corrected chi connectivity index (χ0v) is 17.1. The van der Waals surface area contributed by atoms with Crippen LogP contribution in [0.4, 0.5) is 11.5 Å². The number of rotatable bonds is 4. The molecule has 1 aliphatic rings. The molecule has 0 amide bonds. The largest absolute Gasteiger partial charge is 0.372 e. The lowest BCUT2D eigenvalue weighted by molar-refractivity contribution is 0.920. The second kappa shape index (κ2) is 8.34. The van der Waals surface area contributed by atoms with Crippen molar-refractivity contribution in [3.05, 3.63) is 51.1 Å². The summed E-state index contributed by atoms with van der Waals surface area (Å²) in [6, 6.07) is 8.63. The third-order valence-corrected chi connectivity index (χ3v) is 5.80. The molecule has 0 radical (unpaired) electrons. The van der Waals surface area contributed by atoms with Crippen molar-refractivity contribution >= 4 is 56.4 Å². The number of benzene rings is 1. The molecule has 2 heterocycles. The van der Waals surface area contributed by atoms with Gasteiger partial charge in [0.1, 0.15) is 0 Å². The van der Waals surface area contributed by atoms with Crippen LogP contribution >= 0.6 is 39.7 Å². The van der Waals surface area contributed by atoms with E-state index in [0.29, 0.717) is 22.5 Å². The molecule has 132 valence electrons. The molecule has 0 atom stereocenters. The van der Waals surface area contributed by atoms with Gasteiger partial charge in [0.15, 0.2) is 10.9 Å². The molecule has 3 rings (SSSR count). The summed E-state index contributed by atoms with van der Waals surface area (Å²) in [6.07, 6.45) is 4.29. The predicted molar refractivity (Wildman–Crippen MR) is 113 cm³/mol. The van der Waals surface area contributed by atoms with E-state index in [1.54, 1.807) is 6.20 Å². The number of halogens is 2. The fraction of sp³-hybridized carbons (Fsp3) is 0.333. The summed E-state index contributed by atoms with van der Waals surface area (Å²) in [5.74, 6) is 0.559. The van der Waals surface area contributed by atoms with Gasteiger partial charge in [-0.3, -0.25) is 0 Å². The minimum Gasteiger partial charge on any atom is -0.372 e. The van der Waals surface area contributed by atoms with Crippen LogP contribution in [0.2, 0.25) is 5.02 Å². The molecule has 1 aromatic heterocycles. The van der Waals surface area contributed by atoms with Crippen LogP contribution in [0.5, 0.6) is 0 Å². The highest BCUT2D eigenvalue weighted by molar-refractivity contribution is 9.10. The van der Waals surface area contributed by atoms with Crippen LogP contribution in [0.3, 0.4) is 0 Å². The molecular formula is C18H20BrClN4S. The van der Waals surface area contributed by atoms with Crippen LogP contribution in [0.1, 0.15) is 24.0 Å². The number of nitrogens with zero attached hydrogens (tertiary/aromatic N) is 2. The van der Waals surface area contributed by atoms with Crippen molar-refractivity contribution < 1.29 is 0 Å². The highest BCUT2D eigenvalue weighted by Gasteiger charge is 2.12. The van der Waals surface area contributed by atoms with E-state index in [1.807, 2.05) is 6.92 Å². The summed E-state index contributed by atoms with van der Waals surface area (Å²) in [4.78, 5) is 6.69. The second-order valence-corrected chi connectivity index (χ2v) is 7.70. The van der Waals surface area contributed by atoms with Crippen LogP contribution in [0, 0.1) is 6.92 Å². The van der Waals surface area contributed by atoms with E-state index < -0.39 is 0 Å². The number of aromatic nitrogens is 1. The summed E-state index contributed by atoms with van der Waals surface area (Å²) in [5.41, 5.74) is 3.40. The van der Waals surface area contributed by atoms with Crippen molar-refractivity contribution in [2.45, 2.75) is 26.3 Å². The molecular weight excluding hydrogens is 420 g/mol. The van der Waals surface area contributed by atoms with Gasteiger partial charge in [0.05, 0.1) is 5.02 Å². The minimum atomic E-state index is 0.500. The molecule has 1 saturated heterocycles. The van der Waals surface area contributed by atoms with Crippen molar-refractivity contribution in [2.24, 2.45) is 0 Å². The molecule has 7 heteroatoms. The molecule has 2 aromatic rings. The molecule has 25 heavy (non-hydrogen) atoms. The standard InChI is InChI=1S/C18H20BrClN4S/c1-12-15(19)11-21-17(16(12)20)23-18(25)22-10-13-4-6-14(7-5-13)24-8-2-3-9-24/h4-7,11H,2-3,8-10H2,1H3,(H2,21,22,23,25). The van der Waals surface area contributed by atoms with Gasteiger partial charge in [-0.25, -0.2) is 4.98 Å². The van der Waals surface area contributed by atoms with E-state index in [0.717, 1.165) is 23.1 Å². The van der Waals surface area contributed by atoms with Crippen LogP contribution in [0.15, 0.2) is 34.9 Å². The van der Waals surface area contributed by atoms with E-state index in [-0.39, 0.29) is 0 Å². The molecule has 2 N–H and O–H groups in total. The first-order chi connectivity index (χ1) is 12.0. The average Bonchev–Trinajstić information content (AvgIpc) is 3.16. The molecule has 0 aliphatic carbocycles.